The summed E-state index contributed by atoms with van der Waals surface area (Å²) in [4.78, 5) is 29.1. The molecule has 5 rings (SSSR count). The van der Waals surface area contributed by atoms with E-state index in [1.807, 2.05) is 12.1 Å². The first-order valence-electron chi connectivity index (χ1n) is 9.59. The van der Waals surface area contributed by atoms with E-state index in [9.17, 15) is 9.59 Å². The van der Waals surface area contributed by atoms with Gasteiger partial charge in [0.2, 0.25) is 0 Å². The number of amides is 2. The van der Waals surface area contributed by atoms with Gasteiger partial charge >= 0.3 is 0 Å². The molecule has 2 aliphatic heterocycles. The Bertz CT molecular complexity index is 1280. The monoisotopic (exact) mass is 449 g/mol. The number of halogens is 1. The normalized spacial score (nSPS) is 16.2. The Balaban J connectivity index is 1.40. The Morgan fingerprint density at radius 2 is 2.10 bits per heavy atom. The first kappa shape index (κ1) is 19.7. The van der Waals surface area contributed by atoms with E-state index in [1.165, 1.54) is 11.8 Å². The number of aliphatic imine (C=N–C) groups is 1. The fraction of sp³-hybridized carbons (Fsp3) is 0.0870. The summed E-state index contributed by atoms with van der Waals surface area (Å²) in [6.45, 7) is 0.722. The average Bonchev–Trinajstić information content (AvgIpc) is 3.51. The third-order valence-corrected chi connectivity index (χ3v) is 6.02. The molecule has 0 saturated heterocycles. The maximum absolute atomic E-state index is 12.5. The van der Waals surface area contributed by atoms with Crippen LogP contribution in [0.15, 0.2) is 64.0 Å². The van der Waals surface area contributed by atoms with Crippen LogP contribution < -0.4 is 10.6 Å². The van der Waals surface area contributed by atoms with Crippen molar-refractivity contribution in [1.29, 1.82) is 0 Å². The highest BCUT2D eigenvalue weighted by Crippen LogP contribution is 2.35. The minimum atomic E-state index is -0.208. The number of anilines is 1. The van der Waals surface area contributed by atoms with Gasteiger partial charge in [0.15, 0.2) is 5.17 Å². The van der Waals surface area contributed by atoms with E-state index in [-0.39, 0.29) is 11.8 Å². The van der Waals surface area contributed by atoms with E-state index >= 15 is 0 Å². The van der Waals surface area contributed by atoms with Crippen molar-refractivity contribution in [2.75, 3.05) is 17.6 Å². The first-order valence-corrected chi connectivity index (χ1v) is 10.9. The van der Waals surface area contributed by atoms with Crippen LogP contribution >= 0.6 is 23.4 Å². The van der Waals surface area contributed by atoms with Crippen molar-refractivity contribution in [2.45, 2.75) is 0 Å². The predicted octanol–water partition coefficient (Wildman–Crippen LogP) is 4.93. The lowest BCUT2D eigenvalue weighted by atomic mass is 10.1. The summed E-state index contributed by atoms with van der Waals surface area (Å²) in [5.41, 5.74) is 3.22. The van der Waals surface area contributed by atoms with Crippen LogP contribution in [0.4, 0.5) is 5.69 Å². The number of carbonyl (C=O) groups excluding carboxylic acids is 2. The molecule has 0 fully saturated rings. The molecule has 2 aliphatic rings. The van der Waals surface area contributed by atoms with Crippen LogP contribution in [0, 0.1) is 0 Å². The van der Waals surface area contributed by atoms with E-state index in [2.05, 4.69) is 15.6 Å². The molecule has 31 heavy (non-hydrogen) atoms. The number of nitrogens with one attached hydrogen (secondary N) is 2. The number of benzene rings is 2. The highest BCUT2D eigenvalue weighted by Gasteiger charge is 2.24. The number of carbonyl (C=O) groups is 2. The predicted molar refractivity (Wildman–Crippen MR) is 124 cm³/mol. The first-order chi connectivity index (χ1) is 15.1. The minimum absolute atomic E-state index is 0.207. The smallest absolute Gasteiger partial charge is 0.257 e. The van der Waals surface area contributed by atoms with Gasteiger partial charge in [0.05, 0.1) is 12.1 Å². The maximum atomic E-state index is 12.5. The molecule has 2 N–H and O–H groups in total. The highest BCUT2D eigenvalue weighted by molar-refractivity contribution is 8.14. The van der Waals surface area contributed by atoms with E-state index in [4.69, 9.17) is 16.0 Å². The number of rotatable bonds is 3. The van der Waals surface area contributed by atoms with Gasteiger partial charge in [0.25, 0.3) is 11.8 Å². The number of hydrogen-bond donors (Lipinski definition) is 2. The second kappa shape index (κ2) is 8.09. The largest absolute Gasteiger partial charge is 0.457 e. The molecule has 8 heteroatoms. The van der Waals surface area contributed by atoms with E-state index in [1.54, 1.807) is 48.5 Å². The molecule has 0 bridgehead atoms. The molecule has 3 aromatic rings. The summed E-state index contributed by atoms with van der Waals surface area (Å²) >= 11 is 7.62. The lowest BCUT2D eigenvalue weighted by Crippen LogP contribution is -2.27. The third kappa shape index (κ3) is 4.02. The van der Waals surface area contributed by atoms with Crippen LogP contribution in [0.1, 0.15) is 21.7 Å². The molecule has 0 unspecified atom stereocenters. The summed E-state index contributed by atoms with van der Waals surface area (Å²) in [5, 5.41) is 6.85. The number of hydrogen-bond acceptors (Lipinski definition) is 5. The summed E-state index contributed by atoms with van der Waals surface area (Å²) < 4.78 is 5.94. The van der Waals surface area contributed by atoms with Crippen LogP contribution in [0.5, 0.6) is 0 Å². The molecule has 2 aromatic carbocycles. The second-order valence-electron chi connectivity index (χ2n) is 6.97. The van der Waals surface area contributed by atoms with Gasteiger partial charge in [-0.05, 0) is 48.5 Å². The molecule has 0 aliphatic carbocycles. The van der Waals surface area contributed by atoms with Crippen molar-refractivity contribution in [3.63, 3.8) is 0 Å². The zero-order valence-corrected chi connectivity index (χ0v) is 17.7. The van der Waals surface area contributed by atoms with Gasteiger partial charge in [-0.1, -0.05) is 35.5 Å². The lowest BCUT2D eigenvalue weighted by molar-refractivity contribution is -0.110. The zero-order valence-electron chi connectivity index (χ0n) is 16.1. The summed E-state index contributed by atoms with van der Waals surface area (Å²) in [6.07, 6.45) is 1.69. The molecular formula is C23H16ClN3O3S. The quantitative estimate of drug-likeness (QED) is 0.555. The standard InChI is InChI=1S/C23H16ClN3O3S/c24-15-4-6-19-17(11-15)18(22(29)26-19)12-16-5-7-20(30-16)13-2-1-3-14(10-13)21(28)27-23-25-8-9-31-23/h1-7,10-12H,8-9H2,(H,26,29)(H,25,27,28). The van der Waals surface area contributed by atoms with Gasteiger partial charge in [0.1, 0.15) is 11.5 Å². The molecule has 0 spiro atoms. The van der Waals surface area contributed by atoms with Gasteiger partial charge in [-0.25, -0.2) is 0 Å². The van der Waals surface area contributed by atoms with E-state index in [0.717, 1.165) is 29.1 Å². The summed E-state index contributed by atoms with van der Waals surface area (Å²) in [5.74, 6) is 1.59. The van der Waals surface area contributed by atoms with Crippen LogP contribution in [-0.4, -0.2) is 29.3 Å². The Hall–Kier alpha value is -3.29. The highest BCUT2D eigenvalue weighted by atomic mass is 35.5. The van der Waals surface area contributed by atoms with Crippen LogP contribution in [0.25, 0.3) is 23.0 Å². The molecule has 3 heterocycles. The van der Waals surface area contributed by atoms with Crippen molar-refractivity contribution in [1.82, 2.24) is 5.32 Å². The Morgan fingerprint density at radius 1 is 1.19 bits per heavy atom. The molecule has 0 saturated carbocycles. The molecule has 0 radical (unpaired) electrons. The molecule has 154 valence electrons. The van der Waals surface area contributed by atoms with Gasteiger partial charge in [-0.3, -0.25) is 14.6 Å². The van der Waals surface area contributed by atoms with E-state index in [0.29, 0.717) is 32.8 Å². The topological polar surface area (TPSA) is 83.7 Å². The van der Waals surface area contributed by atoms with Crippen LogP contribution in [0.3, 0.4) is 0 Å². The average molecular weight is 450 g/mol. The van der Waals surface area contributed by atoms with E-state index < -0.39 is 0 Å². The zero-order chi connectivity index (χ0) is 21.4. The lowest BCUT2D eigenvalue weighted by Gasteiger charge is -2.05. The van der Waals surface area contributed by atoms with Crippen molar-refractivity contribution in [2.24, 2.45) is 4.99 Å². The molecule has 1 aromatic heterocycles. The number of fused-ring (bicyclic) bond motifs is 1. The Labute approximate surface area is 187 Å². The van der Waals surface area contributed by atoms with Gasteiger partial charge in [0, 0.05) is 33.2 Å². The van der Waals surface area contributed by atoms with Crippen molar-refractivity contribution in [3.8, 4) is 11.3 Å². The number of nitrogens with zero attached hydrogens (tertiary/aromatic N) is 1. The van der Waals surface area contributed by atoms with Gasteiger partial charge in [-0.15, -0.1) is 0 Å². The molecule has 6 nitrogen and oxygen atoms in total. The van der Waals surface area contributed by atoms with Gasteiger partial charge < -0.3 is 15.1 Å². The van der Waals surface area contributed by atoms with Crippen LogP contribution in [-0.2, 0) is 4.79 Å². The Morgan fingerprint density at radius 3 is 2.94 bits per heavy atom. The summed E-state index contributed by atoms with van der Waals surface area (Å²) in [6, 6.07) is 16.0. The van der Waals surface area contributed by atoms with Crippen molar-refractivity contribution in [3.05, 3.63) is 76.5 Å². The Kier molecular flexibility index (Phi) is 5.13. The minimum Gasteiger partial charge on any atom is -0.457 e. The number of furan rings is 1. The SMILES string of the molecule is O=C1Nc2ccc(Cl)cc2C1=Cc1ccc(-c2cccc(C(=O)NC3=NCCS3)c2)o1. The van der Waals surface area contributed by atoms with Crippen molar-refractivity contribution < 1.29 is 14.0 Å². The molecule has 0 atom stereocenters. The summed E-state index contributed by atoms with van der Waals surface area (Å²) in [7, 11) is 0. The third-order valence-electron chi connectivity index (χ3n) is 4.89. The number of thioether (sulfide) groups is 1. The van der Waals surface area contributed by atoms with Crippen molar-refractivity contribution >= 4 is 57.7 Å². The fourth-order valence-corrected chi connectivity index (χ4v) is 4.32. The number of amidine groups is 1. The second-order valence-corrected chi connectivity index (χ2v) is 8.49. The van der Waals surface area contributed by atoms with Gasteiger partial charge in [-0.2, -0.15) is 0 Å². The molecule has 2 amide bonds. The van der Waals surface area contributed by atoms with Crippen LogP contribution in [0.2, 0.25) is 5.02 Å². The maximum Gasteiger partial charge on any atom is 0.257 e. The molecular weight excluding hydrogens is 434 g/mol. The fourth-order valence-electron chi connectivity index (χ4n) is 3.43.